The van der Waals surface area contributed by atoms with E-state index in [-0.39, 0.29) is 5.92 Å². The minimum Gasteiger partial charge on any atom is -0.440 e. The topological polar surface area (TPSA) is 33.6 Å². The lowest BCUT2D eigenvalue weighted by Gasteiger charge is -2.14. The van der Waals surface area contributed by atoms with E-state index in [1.807, 2.05) is 24.3 Å². The number of rotatable bonds is 0. The highest BCUT2D eigenvalue weighted by molar-refractivity contribution is 5.86. The van der Waals surface area contributed by atoms with E-state index in [0.29, 0.717) is 0 Å². The van der Waals surface area contributed by atoms with Crippen LogP contribution in [-0.2, 0) is 0 Å². The van der Waals surface area contributed by atoms with Crippen LogP contribution in [0.5, 0.6) is 5.75 Å². The molecular weight excluding hydrogens is 188 g/mol. The molecule has 1 unspecified atom stereocenters. The number of nitrogens with zero attached hydrogens (tertiary/aromatic N) is 1. The first-order valence-corrected chi connectivity index (χ1v) is 5.15. The van der Waals surface area contributed by atoms with E-state index in [1.54, 1.807) is 0 Å². The van der Waals surface area contributed by atoms with Gasteiger partial charge in [0, 0.05) is 6.54 Å². The number of anilines is 1. The second kappa shape index (κ2) is 3.42. The molecule has 2 heterocycles. The molecule has 0 fully saturated rings. The lowest BCUT2D eigenvalue weighted by molar-refractivity contribution is 0.519. The number of fused-ring (bicyclic) bond motifs is 2. The molecule has 1 aromatic rings. The van der Waals surface area contributed by atoms with Gasteiger partial charge < -0.3 is 10.1 Å². The number of hydrogen-bond donors (Lipinski definition) is 1. The van der Waals surface area contributed by atoms with Crippen molar-refractivity contribution >= 4 is 11.6 Å². The van der Waals surface area contributed by atoms with Crippen molar-refractivity contribution in [3.63, 3.8) is 0 Å². The fourth-order valence-corrected chi connectivity index (χ4v) is 1.86. The van der Waals surface area contributed by atoms with Crippen molar-refractivity contribution in [3.05, 3.63) is 36.4 Å². The first-order chi connectivity index (χ1) is 7.43. The lowest BCUT2D eigenvalue weighted by atomic mass is 10.1. The molecule has 0 aromatic heterocycles. The van der Waals surface area contributed by atoms with Gasteiger partial charge in [-0.25, -0.2) is 0 Å². The van der Waals surface area contributed by atoms with Crippen LogP contribution >= 0.6 is 0 Å². The van der Waals surface area contributed by atoms with Gasteiger partial charge in [0.05, 0.1) is 18.2 Å². The quantitative estimate of drug-likeness (QED) is 0.650. The summed E-state index contributed by atoms with van der Waals surface area (Å²) in [4.78, 5) is 4.38. The zero-order valence-electron chi connectivity index (χ0n) is 8.31. The Hall–Kier alpha value is -1.77. The summed E-state index contributed by atoms with van der Waals surface area (Å²) in [5.74, 6) is 1.97. The summed E-state index contributed by atoms with van der Waals surface area (Å²) in [5, 5.41) is 3.37. The van der Waals surface area contributed by atoms with Crippen molar-refractivity contribution < 1.29 is 4.74 Å². The van der Waals surface area contributed by atoms with Gasteiger partial charge in [0.1, 0.15) is 0 Å². The molecule has 3 heteroatoms. The van der Waals surface area contributed by atoms with Gasteiger partial charge in [0.15, 0.2) is 11.6 Å². The number of ether oxygens (including phenoxy) is 1. The van der Waals surface area contributed by atoms with Crippen molar-refractivity contribution in [2.24, 2.45) is 10.9 Å². The van der Waals surface area contributed by atoms with Crippen LogP contribution in [0, 0.1) is 5.92 Å². The van der Waals surface area contributed by atoms with Crippen molar-refractivity contribution in [2.45, 2.75) is 0 Å². The average molecular weight is 200 g/mol. The van der Waals surface area contributed by atoms with Gasteiger partial charge in [-0.15, -0.1) is 0 Å². The molecule has 0 radical (unpaired) electrons. The Labute approximate surface area is 88.5 Å². The second-order valence-electron chi connectivity index (χ2n) is 3.69. The third-order valence-corrected chi connectivity index (χ3v) is 2.65. The maximum absolute atomic E-state index is 5.80. The highest BCUT2D eigenvalue weighted by atomic mass is 16.5. The minimum absolute atomic E-state index is 0.270. The fourth-order valence-electron chi connectivity index (χ4n) is 1.86. The van der Waals surface area contributed by atoms with Crippen molar-refractivity contribution in [3.8, 4) is 5.75 Å². The lowest BCUT2D eigenvalue weighted by Crippen LogP contribution is -2.25. The third-order valence-electron chi connectivity index (χ3n) is 2.65. The van der Waals surface area contributed by atoms with Gasteiger partial charge in [0.25, 0.3) is 0 Å². The van der Waals surface area contributed by atoms with Gasteiger partial charge in [-0.1, -0.05) is 24.3 Å². The standard InChI is InChI=1S/C12H12N2O/c1-2-6-11-10(5-1)14-8-9-4-3-7-13-12(9)15-11/h1-6,9,14H,7-8H2. The second-order valence-corrected chi connectivity index (χ2v) is 3.69. The maximum Gasteiger partial charge on any atom is 0.199 e. The summed E-state index contributed by atoms with van der Waals surface area (Å²) < 4.78 is 5.80. The summed E-state index contributed by atoms with van der Waals surface area (Å²) in [6.07, 6.45) is 4.23. The van der Waals surface area contributed by atoms with Crippen LogP contribution in [0.25, 0.3) is 0 Å². The van der Waals surface area contributed by atoms with Gasteiger partial charge in [0.2, 0.25) is 0 Å². The normalized spacial score (nSPS) is 22.7. The number of benzene rings is 1. The van der Waals surface area contributed by atoms with E-state index in [9.17, 15) is 0 Å². The predicted molar refractivity (Wildman–Crippen MR) is 60.5 cm³/mol. The van der Waals surface area contributed by atoms with Crippen LogP contribution in [0.15, 0.2) is 41.4 Å². The molecule has 2 aliphatic rings. The van der Waals surface area contributed by atoms with Gasteiger partial charge in [-0.2, -0.15) is 0 Å². The summed E-state index contributed by atoms with van der Waals surface area (Å²) in [6, 6.07) is 7.96. The number of hydrogen-bond acceptors (Lipinski definition) is 3. The Morgan fingerprint density at radius 3 is 3.27 bits per heavy atom. The molecule has 3 nitrogen and oxygen atoms in total. The molecule has 0 bridgehead atoms. The Morgan fingerprint density at radius 1 is 1.33 bits per heavy atom. The zero-order chi connectivity index (χ0) is 10.1. The van der Waals surface area contributed by atoms with Gasteiger partial charge in [-0.05, 0) is 12.1 Å². The van der Waals surface area contributed by atoms with Gasteiger partial charge in [-0.3, -0.25) is 4.99 Å². The first kappa shape index (κ1) is 8.53. The Balaban J connectivity index is 1.99. The van der Waals surface area contributed by atoms with E-state index in [1.165, 1.54) is 0 Å². The van der Waals surface area contributed by atoms with E-state index in [2.05, 4.69) is 22.5 Å². The highest BCUT2D eigenvalue weighted by Gasteiger charge is 2.22. The fraction of sp³-hybridized carbons (Fsp3) is 0.250. The molecule has 1 N–H and O–H groups in total. The smallest absolute Gasteiger partial charge is 0.199 e. The molecule has 3 rings (SSSR count). The predicted octanol–water partition coefficient (Wildman–Crippen LogP) is 2.08. The SMILES string of the molecule is C1=CC2CNc3ccccc3OC2=NC1. The largest absolute Gasteiger partial charge is 0.440 e. The summed E-state index contributed by atoms with van der Waals surface area (Å²) in [5.41, 5.74) is 1.04. The van der Waals surface area contributed by atoms with Crippen LogP contribution in [0.2, 0.25) is 0 Å². The van der Waals surface area contributed by atoms with Crippen LogP contribution in [0.1, 0.15) is 0 Å². The molecule has 0 aliphatic carbocycles. The van der Waals surface area contributed by atoms with E-state index < -0.39 is 0 Å². The summed E-state index contributed by atoms with van der Waals surface area (Å²) >= 11 is 0. The molecule has 0 spiro atoms. The van der Waals surface area contributed by atoms with Crippen molar-refractivity contribution in [1.29, 1.82) is 0 Å². The molecule has 1 aromatic carbocycles. The molecule has 0 saturated carbocycles. The number of para-hydroxylation sites is 2. The molecule has 2 aliphatic heterocycles. The molecule has 0 saturated heterocycles. The molecule has 0 amide bonds. The minimum atomic E-state index is 0.270. The molecular formula is C12H12N2O. The number of nitrogens with one attached hydrogen (secondary N) is 1. The maximum atomic E-state index is 5.80. The first-order valence-electron chi connectivity index (χ1n) is 5.15. The third kappa shape index (κ3) is 1.50. The average Bonchev–Trinajstić information content (AvgIpc) is 2.48. The van der Waals surface area contributed by atoms with Gasteiger partial charge >= 0.3 is 0 Å². The monoisotopic (exact) mass is 200 g/mol. The number of dihydropyridines is 1. The van der Waals surface area contributed by atoms with Crippen LogP contribution in [0.4, 0.5) is 5.69 Å². The number of aliphatic imine (C=N–C) groups is 1. The zero-order valence-corrected chi connectivity index (χ0v) is 8.31. The van der Waals surface area contributed by atoms with Crippen LogP contribution < -0.4 is 10.1 Å². The van der Waals surface area contributed by atoms with Crippen molar-refractivity contribution in [2.75, 3.05) is 18.4 Å². The summed E-state index contributed by atoms with van der Waals surface area (Å²) in [7, 11) is 0. The van der Waals surface area contributed by atoms with E-state index in [4.69, 9.17) is 4.74 Å². The van der Waals surface area contributed by atoms with E-state index >= 15 is 0 Å². The highest BCUT2D eigenvalue weighted by Crippen LogP contribution is 2.28. The summed E-state index contributed by atoms with van der Waals surface area (Å²) in [6.45, 7) is 1.58. The van der Waals surface area contributed by atoms with E-state index in [0.717, 1.165) is 30.4 Å². The Bertz CT molecular complexity index is 437. The molecule has 1 atom stereocenters. The molecule has 76 valence electrons. The Morgan fingerprint density at radius 2 is 2.27 bits per heavy atom. The van der Waals surface area contributed by atoms with Crippen LogP contribution in [-0.4, -0.2) is 19.0 Å². The Kier molecular flexibility index (Phi) is 1.95. The van der Waals surface area contributed by atoms with Crippen molar-refractivity contribution in [1.82, 2.24) is 0 Å². The van der Waals surface area contributed by atoms with Crippen LogP contribution in [0.3, 0.4) is 0 Å². The molecule has 15 heavy (non-hydrogen) atoms.